The van der Waals surface area contributed by atoms with Gasteiger partial charge >= 0.3 is 0 Å². The van der Waals surface area contributed by atoms with E-state index in [4.69, 9.17) is 0 Å². The lowest BCUT2D eigenvalue weighted by Crippen LogP contribution is -3.13. The second kappa shape index (κ2) is 7.15. The average Bonchev–Trinajstić information content (AvgIpc) is 2.69. The maximum atomic E-state index is 13.1. The number of quaternary nitrogens is 1. The Hall–Kier alpha value is -2.28. The predicted molar refractivity (Wildman–Crippen MR) is 101 cm³/mol. The van der Waals surface area contributed by atoms with Crippen molar-refractivity contribution >= 4 is 20.9 Å². The van der Waals surface area contributed by atoms with E-state index < -0.39 is 10.0 Å². The van der Waals surface area contributed by atoms with E-state index in [0.29, 0.717) is 23.5 Å². The van der Waals surface area contributed by atoms with Crippen molar-refractivity contribution in [3.63, 3.8) is 0 Å². The van der Waals surface area contributed by atoms with E-state index in [1.807, 2.05) is 36.4 Å². The quantitative estimate of drug-likeness (QED) is 0.756. The zero-order valence-corrected chi connectivity index (χ0v) is 15.3. The van der Waals surface area contributed by atoms with E-state index >= 15 is 0 Å². The number of fused-ring (bicyclic) bond motifs is 1. The Bertz CT molecular complexity index is 993. The van der Waals surface area contributed by atoms with Crippen molar-refractivity contribution < 1.29 is 13.3 Å². The number of hydrogen-bond donors (Lipinski definition) is 1. The normalized spacial score (nSPS) is 16.8. The van der Waals surface area contributed by atoms with Crippen LogP contribution in [0.3, 0.4) is 0 Å². The topological polar surface area (TPSA) is 54.7 Å². The Kier molecular flexibility index (Phi) is 4.72. The summed E-state index contributed by atoms with van der Waals surface area (Å²) in [7, 11) is -3.53. The number of hydrogen-bond acceptors (Lipinski definition) is 3. The average molecular weight is 368 g/mol. The Labute approximate surface area is 153 Å². The number of pyridine rings is 1. The molecule has 2 heterocycles. The van der Waals surface area contributed by atoms with Gasteiger partial charge in [-0.1, -0.05) is 48.5 Å². The number of nitrogens with zero attached hydrogens (tertiary/aromatic N) is 2. The van der Waals surface area contributed by atoms with Crippen LogP contribution in [0.15, 0.2) is 71.8 Å². The Balaban J connectivity index is 1.51. The molecule has 0 amide bonds. The van der Waals surface area contributed by atoms with Crippen LogP contribution in [0.4, 0.5) is 0 Å². The first-order valence-electron chi connectivity index (χ1n) is 8.86. The van der Waals surface area contributed by atoms with Gasteiger partial charge in [-0.3, -0.25) is 4.98 Å². The fraction of sp³-hybridized carbons (Fsp3) is 0.250. The molecule has 0 aliphatic carbocycles. The molecule has 1 aliphatic heterocycles. The Morgan fingerprint density at radius 2 is 1.65 bits per heavy atom. The standard InChI is InChI=1S/C20H21N3O2S/c24-26(25,19-10-4-8-18-9-5-11-21-20(18)19)23-14-12-22(13-15-23)16-17-6-2-1-3-7-17/h1-11H,12-16H2/p+1. The lowest BCUT2D eigenvalue weighted by molar-refractivity contribution is -0.917. The molecule has 0 bridgehead atoms. The first-order chi connectivity index (χ1) is 12.6. The second-order valence-corrected chi connectivity index (χ2v) is 8.55. The van der Waals surface area contributed by atoms with Gasteiger partial charge in [0.05, 0.1) is 31.7 Å². The molecule has 6 heteroatoms. The number of aromatic nitrogens is 1. The van der Waals surface area contributed by atoms with Gasteiger partial charge in [0.15, 0.2) is 0 Å². The number of sulfonamides is 1. The molecule has 1 aromatic heterocycles. The molecule has 1 saturated heterocycles. The summed E-state index contributed by atoms with van der Waals surface area (Å²) < 4.78 is 27.9. The van der Waals surface area contributed by atoms with Crippen LogP contribution in [0.2, 0.25) is 0 Å². The van der Waals surface area contributed by atoms with Crippen molar-refractivity contribution in [2.24, 2.45) is 0 Å². The highest BCUT2D eigenvalue weighted by molar-refractivity contribution is 7.89. The molecule has 134 valence electrons. The number of piperazine rings is 1. The molecule has 0 atom stereocenters. The van der Waals surface area contributed by atoms with Gasteiger partial charge in [0, 0.05) is 17.1 Å². The molecule has 5 nitrogen and oxygen atoms in total. The number of nitrogens with one attached hydrogen (secondary N) is 1. The summed E-state index contributed by atoms with van der Waals surface area (Å²) in [6.07, 6.45) is 1.64. The van der Waals surface area contributed by atoms with Crippen LogP contribution in [-0.4, -0.2) is 43.9 Å². The highest BCUT2D eigenvalue weighted by Gasteiger charge is 2.31. The summed E-state index contributed by atoms with van der Waals surface area (Å²) in [5.41, 5.74) is 1.84. The molecule has 0 spiro atoms. The number of para-hydroxylation sites is 1. The fourth-order valence-corrected chi connectivity index (χ4v) is 5.13. The zero-order valence-electron chi connectivity index (χ0n) is 14.5. The molecule has 3 aromatic rings. The van der Waals surface area contributed by atoms with Gasteiger partial charge < -0.3 is 4.90 Å². The molecule has 0 radical (unpaired) electrons. The van der Waals surface area contributed by atoms with E-state index in [0.717, 1.165) is 25.0 Å². The molecule has 26 heavy (non-hydrogen) atoms. The van der Waals surface area contributed by atoms with Crippen LogP contribution in [0.1, 0.15) is 5.56 Å². The predicted octanol–water partition coefficient (Wildman–Crippen LogP) is 1.32. The summed E-state index contributed by atoms with van der Waals surface area (Å²) in [6.45, 7) is 3.63. The minimum Gasteiger partial charge on any atom is -0.329 e. The first-order valence-corrected chi connectivity index (χ1v) is 10.3. The molecule has 0 saturated carbocycles. The SMILES string of the molecule is O=S(=O)(c1cccc2cccnc12)N1CC[NH+](Cc2ccccc2)CC1. The van der Waals surface area contributed by atoms with E-state index in [-0.39, 0.29) is 0 Å². The van der Waals surface area contributed by atoms with Gasteiger partial charge in [-0.15, -0.1) is 0 Å². The third-order valence-corrected chi connectivity index (χ3v) is 6.87. The molecular formula is C20H22N3O2S+. The largest absolute Gasteiger partial charge is 0.329 e. The number of benzene rings is 2. The van der Waals surface area contributed by atoms with Gasteiger partial charge in [0.1, 0.15) is 11.4 Å². The molecule has 2 aromatic carbocycles. The van der Waals surface area contributed by atoms with Crippen molar-refractivity contribution in [3.8, 4) is 0 Å². The van der Waals surface area contributed by atoms with E-state index in [1.165, 1.54) is 10.5 Å². The third-order valence-electron chi connectivity index (χ3n) is 4.94. The number of rotatable bonds is 4. The van der Waals surface area contributed by atoms with Gasteiger partial charge in [-0.25, -0.2) is 8.42 Å². The summed E-state index contributed by atoms with van der Waals surface area (Å²) >= 11 is 0. The minimum absolute atomic E-state index is 0.308. The van der Waals surface area contributed by atoms with Crippen LogP contribution in [-0.2, 0) is 16.6 Å². The first kappa shape index (κ1) is 17.1. The summed E-state index contributed by atoms with van der Waals surface area (Å²) in [4.78, 5) is 6.02. The molecule has 1 N–H and O–H groups in total. The lowest BCUT2D eigenvalue weighted by atomic mass is 10.2. The maximum absolute atomic E-state index is 13.1. The smallest absolute Gasteiger partial charge is 0.245 e. The van der Waals surface area contributed by atoms with Gasteiger partial charge in [-0.05, 0) is 12.1 Å². The summed E-state index contributed by atoms with van der Waals surface area (Å²) in [5.74, 6) is 0. The minimum atomic E-state index is -3.53. The van der Waals surface area contributed by atoms with Gasteiger partial charge in [-0.2, -0.15) is 4.31 Å². The van der Waals surface area contributed by atoms with Crippen LogP contribution in [0.25, 0.3) is 10.9 Å². The highest BCUT2D eigenvalue weighted by Crippen LogP contribution is 2.23. The van der Waals surface area contributed by atoms with Crippen molar-refractivity contribution in [3.05, 3.63) is 72.4 Å². The molecular weight excluding hydrogens is 346 g/mol. The van der Waals surface area contributed by atoms with E-state index in [1.54, 1.807) is 22.6 Å². The van der Waals surface area contributed by atoms with Crippen molar-refractivity contribution in [1.82, 2.24) is 9.29 Å². The van der Waals surface area contributed by atoms with Crippen molar-refractivity contribution in [1.29, 1.82) is 0 Å². The van der Waals surface area contributed by atoms with Crippen molar-refractivity contribution in [2.75, 3.05) is 26.2 Å². The molecule has 0 unspecified atom stereocenters. The molecule has 1 fully saturated rings. The van der Waals surface area contributed by atoms with Gasteiger partial charge in [0.2, 0.25) is 10.0 Å². The summed E-state index contributed by atoms with van der Waals surface area (Å²) in [5, 5.41) is 0.849. The van der Waals surface area contributed by atoms with E-state index in [9.17, 15) is 8.42 Å². The fourth-order valence-electron chi connectivity index (χ4n) is 3.53. The maximum Gasteiger partial charge on any atom is 0.245 e. The highest BCUT2D eigenvalue weighted by atomic mass is 32.2. The van der Waals surface area contributed by atoms with E-state index in [2.05, 4.69) is 17.1 Å². The molecule has 1 aliphatic rings. The zero-order chi connectivity index (χ0) is 18.0. The third kappa shape index (κ3) is 3.35. The van der Waals surface area contributed by atoms with Crippen LogP contribution < -0.4 is 4.90 Å². The summed E-state index contributed by atoms with van der Waals surface area (Å²) in [6, 6.07) is 19.4. The van der Waals surface area contributed by atoms with Gasteiger partial charge in [0.25, 0.3) is 0 Å². The lowest BCUT2D eigenvalue weighted by Gasteiger charge is -2.31. The Morgan fingerprint density at radius 3 is 2.42 bits per heavy atom. The second-order valence-electron chi connectivity index (χ2n) is 6.65. The van der Waals surface area contributed by atoms with Crippen molar-refractivity contribution in [2.45, 2.75) is 11.4 Å². The van der Waals surface area contributed by atoms with Crippen LogP contribution >= 0.6 is 0 Å². The monoisotopic (exact) mass is 368 g/mol. The Morgan fingerprint density at radius 1 is 0.923 bits per heavy atom. The van der Waals surface area contributed by atoms with Crippen LogP contribution in [0.5, 0.6) is 0 Å². The molecule has 4 rings (SSSR count). The van der Waals surface area contributed by atoms with Crippen LogP contribution in [0, 0.1) is 0 Å².